The monoisotopic (exact) mass is 481 g/mol. The van der Waals surface area contributed by atoms with Crippen molar-refractivity contribution in [1.82, 2.24) is 15.3 Å². The first-order chi connectivity index (χ1) is 16.9. The van der Waals surface area contributed by atoms with E-state index in [-0.39, 0.29) is 0 Å². The molecular formula is C32H55N3. The highest BCUT2D eigenvalue weighted by molar-refractivity contribution is 5.09. The van der Waals surface area contributed by atoms with Gasteiger partial charge in [-0.3, -0.25) is 0 Å². The molecule has 4 saturated carbocycles. The van der Waals surface area contributed by atoms with Crippen LogP contribution < -0.4 is 5.32 Å². The van der Waals surface area contributed by atoms with Crippen LogP contribution in [0.15, 0.2) is 12.5 Å². The maximum atomic E-state index is 4.32. The molecule has 1 heterocycles. The average molecular weight is 482 g/mol. The van der Waals surface area contributed by atoms with Crippen LogP contribution in [-0.2, 0) is 6.42 Å². The molecule has 35 heavy (non-hydrogen) atoms. The zero-order valence-corrected chi connectivity index (χ0v) is 23.5. The van der Waals surface area contributed by atoms with Crippen molar-refractivity contribution in [3.8, 4) is 0 Å². The summed E-state index contributed by atoms with van der Waals surface area (Å²) in [6.45, 7) is 12.7. The molecule has 5 rings (SSSR count). The summed E-state index contributed by atoms with van der Waals surface area (Å²) in [5, 5.41) is 3.66. The summed E-state index contributed by atoms with van der Waals surface area (Å²) in [6.07, 6.45) is 24.4. The Labute approximate surface area is 216 Å². The second-order valence-electron chi connectivity index (χ2n) is 14.2. The predicted molar refractivity (Wildman–Crippen MR) is 147 cm³/mol. The molecule has 2 unspecified atom stereocenters. The summed E-state index contributed by atoms with van der Waals surface area (Å²) in [5.41, 5.74) is 2.49. The summed E-state index contributed by atoms with van der Waals surface area (Å²) >= 11 is 0. The smallest absolute Gasteiger partial charge is 0.0923 e. The largest absolute Gasteiger partial charge is 0.351 e. The summed E-state index contributed by atoms with van der Waals surface area (Å²) < 4.78 is 0. The van der Waals surface area contributed by atoms with Crippen LogP contribution in [0.3, 0.4) is 0 Å². The standard InChI is InChI=1S/C32H55N3/c1-23(20-33-19-16-26-21-34-22-35-26)8-7-9-24(2)28-13-14-29-27-12-11-25-10-5-6-17-31(25,3)30(27)15-18-32(28,29)4/h21-25,27-30,33H,5-20H2,1-4H3,(H,34,35)/t23?,24-,25?,27+,28-,29+,30+,31+,32-/m1/s1. The number of fused-ring (bicyclic) bond motifs is 5. The average Bonchev–Trinajstić information content (AvgIpc) is 3.48. The molecular weight excluding hydrogens is 426 g/mol. The third kappa shape index (κ3) is 5.14. The Balaban J connectivity index is 1.08. The molecule has 3 heteroatoms. The highest BCUT2D eigenvalue weighted by Crippen LogP contribution is 2.68. The van der Waals surface area contributed by atoms with E-state index >= 15 is 0 Å². The molecule has 0 aromatic carbocycles. The first-order valence-corrected chi connectivity index (χ1v) is 15.6. The Morgan fingerprint density at radius 3 is 2.66 bits per heavy atom. The molecule has 1 aromatic rings. The zero-order chi connectivity index (χ0) is 24.5. The first-order valence-electron chi connectivity index (χ1n) is 15.6. The summed E-state index contributed by atoms with van der Waals surface area (Å²) in [5.74, 6) is 6.85. The molecule has 2 N–H and O–H groups in total. The van der Waals surface area contributed by atoms with E-state index in [1.54, 1.807) is 38.4 Å². The molecule has 4 fully saturated rings. The Bertz CT molecular complexity index is 789. The van der Waals surface area contributed by atoms with Gasteiger partial charge in [-0.2, -0.15) is 0 Å². The van der Waals surface area contributed by atoms with Gasteiger partial charge in [0.05, 0.1) is 12.0 Å². The molecule has 0 aliphatic heterocycles. The van der Waals surface area contributed by atoms with Crippen molar-refractivity contribution in [3.05, 3.63) is 18.2 Å². The molecule has 0 saturated heterocycles. The van der Waals surface area contributed by atoms with Crippen molar-refractivity contribution in [2.75, 3.05) is 13.1 Å². The number of rotatable bonds is 10. The topological polar surface area (TPSA) is 40.7 Å². The molecule has 4 aliphatic rings. The quantitative estimate of drug-likeness (QED) is 0.332. The molecule has 0 bridgehead atoms. The lowest BCUT2D eigenvalue weighted by Gasteiger charge is -2.61. The molecule has 198 valence electrons. The number of H-pyrrole nitrogens is 1. The predicted octanol–water partition coefficient (Wildman–Crippen LogP) is 8.03. The minimum Gasteiger partial charge on any atom is -0.351 e. The number of nitrogens with one attached hydrogen (secondary N) is 2. The lowest BCUT2D eigenvalue weighted by Crippen LogP contribution is -2.53. The van der Waals surface area contributed by atoms with E-state index in [1.165, 1.54) is 51.4 Å². The van der Waals surface area contributed by atoms with E-state index in [2.05, 4.69) is 43.0 Å². The van der Waals surface area contributed by atoms with E-state index in [4.69, 9.17) is 0 Å². The van der Waals surface area contributed by atoms with Gasteiger partial charge in [-0.25, -0.2) is 4.98 Å². The van der Waals surface area contributed by atoms with Crippen LogP contribution >= 0.6 is 0 Å². The van der Waals surface area contributed by atoms with Crippen LogP contribution in [-0.4, -0.2) is 23.1 Å². The highest BCUT2D eigenvalue weighted by atomic mass is 14.9. The molecule has 4 aliphatic carbocycles. The third-order valence-corrected chi connectivity index (χ3v) is 12.3. The van der Waals surface area contributed by atoms with Crippen molar-refractivity contribution >= 4 is 0 Å². The summed E-state index contributed by atoms with van der Waals surface area (Å²) in [4.78, 5) is 7.37. The first kappa shape index (κ1) is 25.8. The second kappa shape index (κ2) is 10.9. The van der Waals surface area contributed by atoms with Crippen molar-refractivity contribution in [3.63, 3.8) is 0 Å². The molecule has 1 aromatic heterocycles. The van der Waals surface area contributed by atoms with Gasteiger partial charge in [-0.05, 0) is 117 Å². The van der Waals surface area contributed by atoms with Crippen LogP contribution in [0, 0.1) is 52.3 Å². The number of hydrogen-bond donors (Lipinski definition) is 2. The van der Waals surface area contributed by atoms with E-state index in [0.29, 0.717) is 10.8 Å². The van der Waals surface area contributed by atoms with Crippen molar-refractivity contribution in [2.45, 2.75) is 118 Å². The summed E-state index contributed by atoms with van der Waals surface area (Å²) in [7, 11) is 0. The number of nitrogens with zero attached hydrogens (tertiary/aromatic N) is 1. The van der Waals surface area contributed by atoms with Gasteiger partial charge in [-0.15, -0.1) is 0 Å². The minimum atomic E-state index is 0.637. The molecule has 0 amide bonds. The van der Waals surface area contributed by atoms with Gasteiger partial charge in [0.2, 0.25) is 0 Å². The zero-order valence-electron chi connectivity index (χ0n) is 23.5. The Kier molecular flexibility index (Phi) is 8.02. The lowest BCUT2D eigenvalue weighted by molar-refractivity contribution is -0.114. The van der Waals surface area contributed by atoms with Crippen LogP contribution in [0.2, 0.25) is 0 Å². The number of aromatic amines is 1. The van der Waals surface area contributed by atoms with Gasteiger partial charge in [0.25, 0.3) is 0 Å². The van der Waals surface area contributed by atoms with Gasteiger partial charge in [0, 0.05) is 19.2 Å². The Morgan fingerprint density at radius 1 is 0.971 bits per heavy atom. The number of aromatic nitrogens is 2. The van der Waals surface area contributed by atoms with Crippen molar-refractivity contribution < 1.29 is 0 Å². The Hall–Kier alpha value is -0.830. The van der Waals surface area contributed by atoms with Crippen LogP contribution in [0.4, 0.5) is 0 Å². The molecule has 0 radical (unpaired) electrons. The van der Waals surface area contributed by atoms with Crippen molar-refractivity contribution in [2.24, 2.45) is 52.3 Å². The summed E-state index contributed by atoms with van der Waals surface area (Å²) in [6, 6.07) is 0. The molecule has 9 atom stereocenters. The van der Waals surface area contributed by atoms with Crippen molar-refractivity contribution in [1.29, 1.82) is 0 Å². The van der Waals surface area contributed by atoms with Gasteiger partial charge in [0.15, 0.2) is 0 Å². The Morgan fingerprint density at radius 2 is 1.83 bits per heavy atom. The highest BCUT2D eigenvalue weighted by Gasteiger charge is 2.60. The number of imidazole rings is 1. The normalized spacial score (nSPS) is 40.5. The van der Waals surface area contributed by atoms with Gasteiger partial charge in [-0.1, -0.05) is 53.4 Å². The molecule has 0 spiro atoms. The van der Waals surface area contributed by atoms with Crippen LogP contribution in [0.25, 0.3) is 0 Å². The fourth-order valence-electron chi connectivity index (χ4n) is 10.4. The molecule has 3 nitrogen and oxygen atoms in total. The SMILES string of the molecule is CC(CCC[C@@H](C)[C@H]1CC[C@H]2[C@@H]3CCC4CCCC[C@]4(C)[C@H]3CC[C@]12C)CNCCc1c[nH]cn1. The van der Waals surface area contributed by atoms with E-state index in [1.807, 2.05) is 6.20 Å². The van der Waals surface area contributed by atoms with Gasteiger partial charge in [0.1, 0.15) is 0 Å². The lowest BCUT2D eigenvalue weighted by atomic mass is 9.44. The van der Waals surface area contributed by atoms with Crippen LogP contribution in [0.5, 0.6) is 0 Å². The fraction of sp³-hybridized carbons (Fsp3) is 0.906. The van der Waals surface area contributed by atoms with E-state index < -0.39 is 0 Å². The van der Waals surface area contributed by atoms with E-state index in [9.17, 15) is 0 Å². The maximum Gasteiger partial charge on any atom is 0.0923 e. The number of hydrogen-bond acceptors (Lipinski definition) is 2. The minimum absolute atomic E-state index is 0.637. The third-order valence-electron chi connectivity index (χ3n) is 12.3. The van der Waals surface area contributed by atoms with Gasteiger partial charge < -0.3 is 10.3 Å². The van der Waals surface area contributed by atoms with Crippen LogP contribution in [0.1, 0.15) is 117 Å². The van der Waals surface area contributed by atoms with Gasteiger partial charge >= 0.3 is 0 Å². The maximum absolute atomic E-state index is 4.32. The van der Waals surface area contributed by atoms with E-state index in [0.717, 1.165) is 66.6 Å². The second-order valence-corrected chi connectivity index (χ2v) is 14.2. The fourth-order valence-corrected chi connectivity index (χ4v) is 10.4.